The van der Waals surface area contributed by atoms with Gasteiger partial charge in [0.25, 0.3) is 0 Å². The van der Waals surface area contributed by atoms with Crippen LogP contribution in [-0.2, 0) is 16.0 Å². The average molecular weight is 383 g/mol. The van der Waals surface area contributed by atoms with E-state index in [4.69, 9.17) is 4.74 Å². The molecule has 0 saturated heterocycles. The van der Waals surface area contributed by atoms with Crippen LogP contribution in [0.2, 0.25) is 0 Å². The fourth-order valence-electron chi connectivity index (χ4n) is 2.78. The van der Waals surface area contributed by atoms with Gasteiger partial charge in [0.05, 0.1) is 11.8 Å². The van der Waals surface area contributed by atoms with E-state index in [9.17, 15) is 9.59 Å². The van der Waals surface area contributed by atoms with E-state index in [1.165, 1.54) is 0 Å². The summed E-state index contributed by atoms with van der Waals surface area (Å²) in [5.74, 6) is -0.165. The first-order valence-electron chi connectivity index (χ1n) is 9.63. The van der Waals surface area contributed by atoms with E-state index >= 15 is 0 Å². The van der Waals surface area contributed by atoms with Crippen molar-refractivity contribution in [3.05, 3.63) is 53.6 Å². The molecule has 0 aliphatic rings. The highest BCUT2D eigenvalue weighted by atomic mass is 16.5. The number of ether oxygens (including phenoxy) is 1. The minimum Gasteiger partial charge on any atom is -0.489 e. The molecule has 28 heavy (non-hydrogen) atoms. The van der Waals surface area contributed by atoms with Crippen molar-refractivity contribution in [1.82, 2.24) is 0 Å². The molecule has 0 bridgehead atoms. The Hall–Kier alpha value is -2.82. The van der Waals surface area contributed by atoms with E-state index in [2.05, 4.69) is 10.6 Å². The number of amides is 2. The van der Waals surface area contributed by atoms with Crippen molar-refractivity contribution < 1.29 is 14.3 Å². The Morgan fingerprint density at radius 2 is 1.64 bits per heavy atom. The summed E-state index contributed by atoms with van der Waals surface area (Å²) in [6, 6.07) is 13.1. The van der Waals surface area contributed by atoms with Crippen LogP contribution in [0.3, 0.4) is 0 Å². The molecule has 2 aromatic rings. The number of anilines is 2. The SMILES string of the molecule is CCc1cccc(C)c1NC(=O)C(C)(C)C(=O)Nc1ccccc1OC(C)C. The molecule has 0 fully saturated rings. The lowest BCUT2D eigenvalue weighted by Crippen LogP contribution is -2.42. The van der Waals surface area contributed by atoms with Crippen molar-refractivity contribution in [3.8, 4) is 5.75 Å². The van der Waals surface area contributed by atoms with Crippen LogP contribution in [0.4, 0.5) is 11.4 Å². The summed E-state index contributed by atoms with van der Waals surface area (Å²) >= 11 is 0. The topological polar surface area (TPSA) is 67.4 Å². The first-order chi connectivity index (χ1) is 13.2. The lowest BCUT2D eigenvalue weighted by atomic mass is 9.90. The molecular weight excluding hydrogens is 352 g/mol. The summed E-state index contributed by atoms with van der Waals surface area (Å²) in [7, 11) is 0. The minimum absolute atomic E-state index is 0.0251. The standard InChI is InChI=1S/C23H30N2O3/c1-7-17-12-10-11-16(4)20(17)25-22(27)23(5,6)21(26)24-18-13-8-9-14-19(18)28-15(2)3/h8-15H,7H2,1-6H3,(H,24,26)(H,25,27). The molecular formula is C23H30N2O3. The first-order valence-corrected chi connectivity index (χ1v) is 9.63. The van der Waals surface area contributed by atoms with Crippen LogP contribution in [-0.4, -0.2) is 17.9 Å². The summed E-state index contributed by atoms with van der Waals surface area (Å²) in [5, 5.41) is 5.79. The highest BCUT2D eigenvalue weighted by Gasteiger charge is 2.37. The van der Waals surface area contributed by atoms with Crippen molar-refractivity contribution in [2.45, 2.75) is 54.1 Å². The van der Waals surface area contributed by atoms with Crippen molar-refractivity contribution in [2.75, 3.05) is 10.6 Å². The molecule has 0 aliphatic heterocycles. The lowest BCUT2D eigenvalue weighted by molar-refractivity contribution is -0.135. The van der Waals surface area contributed by atoms with Gasteiger partial charge < -0.3 is 15.4 Å². The fraction of sp³-hybridized carbons (Fsp3) is 0.391. The van der Waals surface area contributed by atoms with E-state index in [1.54, 1.807) is 26.0 Å². The average Bonchev–Trinajstić information content (AvgIpc) is 2.64. The highest BCUT2D eigenvalue weighted by Crippen LogP contribution is 2.29. The number of hydrogen-bond acceptors (Lipinski definition) is 3. The fourth-order valence-corrected chi connectivity index (χ4v) is 2.78. The molecule has 2 aromatic carbocycles. The summed E-state index contributed by atoms with van der Waals surface area (Å²) < 4.78 is 5.75. The van der Waals surface area contributed by atoms with Gasteiger partial charge in [0, 0.05) is 5.69 Å². The van der Waals surface area contributed by atoms with Gasteiger partial charge in [-0.15, -0.1) is 0 Å². The van der Waals surface area contributed by atoms with Gasteiger partial charge >= 0.3 is 0 Å². The van der Waals surface area contributed by atoms with Gasteiger partial charge in [-0.3, -0.25) is 9.59 Å². The summed E-state index contributed by atoms with van der Waals surface area (Å²) in [6.45, 7) is 11.1. The first kappa shape index (κ1) is 21.5. The van der Waals surface area contributed by atoms with Gasteiger partial charge in [-0.05, 0) is 64.3 Å². The Kier molecular flexibility index (Phi) is 6.84. The van der Waals surface area contributed by atoms with Crippen LogP contribution in [0.25, 0.3) is 0 Å². The van der Waals surface area contributed by atoms with E-state index in [-0.39, 0.29) is 12.0 Å². The van der Waals surface area contributed by atoms with Crippen LogP contribution in [0.5, 0.6) is 5.75 Å². The van der Waals surface area contributed by atoms with Gasteiger partial charge in [-0.25, -0.2) is 0 Å². The van der Waals surface area contributed by atoms with Crippen molar-refractivity contribution >= 4 is 23.2 Å². The van der Waals surface area contributed by atoms with E-state index in [0.29, 0.717) is 11.4 Å². The number of aryl methyl sites for hydroxylation is 2. The van der Waals surface area contributed by atoms with E-state index in [1.807, 2.05) is 58.0 Å². The molecule has 0 atom stereocenters. The number of rotatable bonds is 7. The number of hydrogen-bond donors (Lipinski definition) is 2. The maximum atomic E-state index is 12.9. The van der Waals surface area contributed by atoms with E-state index < -0.39 is 11.3 Å². The predicted octanol–water partition coefficient (Wildman–Crippen LogP) is 4.95. The molecule has 0 radical (unpaired) electrons. The molecule has 2 amide bonds. The number of benzene rings is 2. The molecule has 5 nitrogen and oxygen atoms in total. The quantitative estimate of drug-likeness (QED) is 0.666. The Labute approximate surface area is 167 Å². The molecule has 0 aromatic heterocycles. The third kappa shape index (κ3) is 4.91. The van der Waals surface area contributed by atoms with Crippen LogP contribution >= 0.6 is 0 Å². The third-order valence-electron chi connectivity index (χ3n) is 4.61. The zero-order valence-corrected chi connectivity index (χ0v) is 17.6. The number of para-hydroxylation sites is 3. The maximum Gasteiger partial charge on any atom is 0.239 e. The molecule has 2 rings (SSSR count). The predicted molar refractivity (Wildman–Crippen MR) is 114 cm³/mol. The van der Waals surface area contributed by atoms with Crippen molar-refractivity contribution in [3.63, 3.8) is 0 Å². The molecule has 0 spiro atoms. The van der Waals surface area contributed by atoms with Crippen LogP contribution in [0.15, 0.2) is 42.5 Å². The molecule has 150 valence electrons. The molecule has 0 heterocycles. The zero-order valence-electron chi connectivity index (χ0n) is 17.6. The van der Waals surface area contributed by atoms with Crippen LogP contribution < -0.4 is 15.4 Å². The van der Waals surface area contributed by atoms with Crippen molar-refractivity contribution in [2.24, 2.45) is 5.41 Å². The smallest absolute Gasteiger partial charge is 0.239 e. The Bertz CT molecular complexity index is 857. The van der Waals surface area contributed by atoms with Gasteiger partial charge in [-0.1, -0.05) is 37.3 Å². The molecule has 0 aliphatic carbocycles. The van der Waals surface area contributed by atoms with Crippen LogP contribution in [0.1, 0.15) is 45.7 Å². The zero-order chi connectivity index (χ0) is 20.9. The largest absolute Gasteiger partial charge is 0.489 e. The second-order valence-electron chi connectivity index (χ2n) is 7.66. The Morgan fingerprint density at radius 1 is 1.00 bits per heavy atom. The van der Waals surface area contributed by atoms with Crippen LogP contribution in [0, 0.1) is 12.3 Å². The van der Waals surface area contributed by atoms with Gasteiger partial charge in [0.1, 0.15) is 11.2 Å². The summed E-state index contributed by atoms with van der Waals surface area (Å²) in [6.07, 6.45) is 0.770. The normalized spacial score (nSPS) is 11.2. The monoisotopic (exact) mass is 382 g/mol. The van der Waals surface area contributed by atoms with Crippen molar-refractivity contribution in [1.29, 1.82) is 0 Å². The molecule has 0 unspecified atom stereocenters. The molecule has 0 saturated carbocycles. The number of nitrogens with one attached hydrogen (secondary N) is 2. The second kappa shape index (κ2) is 8.91. The summed E-state index contributed by atoms with van der Waals surface area (Å²) in [5.41, 5.74) is 2.07. The number of carbonyl (C=O) groups is 2. The Morgan fingerprint density at radius 3 is 2.29 bits per heavy atom. The summed E-state index contributed by atoms with van der Waals surface area (Å²) in [4.78, 5) is 25.9. The molecule has 5 heteroatoms. The second-order valence-corrected chi connectivity index (χ2v) is 7.66. The highest BCUT2D eigenvalue weighted by molar-refractivity contribution is 6.14. The third-order valence-corrected chi connectivity index (χ3v) is 4.61. The Balaban J connectivity index is 2.20. The van der Waals surface area contributed by atoms with E-state index in [0.717, 1.165) is 23.2 Å². The lowest BCUT2D eigenvalue weighted by Gasteiger charge is -2.25. The van der Waals surface area contributed by atoms with Gasteiger partial charge in [0.15, 0.2) is 0 Å². The molecule has 2 N–H and O–H groups in total. The van der Waals surface area contributed by atoms with Gasteiger partial charge in [0.2, 0.25) is 11.8 Å². The van der Waals surface area contributed by atoms with Gasteiger partial charge in [-0.2, -0.15) is 0 Å². The minimum atomic E-state index is -1.27. The maximum absolute atomic E-state index is 12.9. The number of carbonyl (C=O) groups excluding carboxylic acids is 2.